The maximum Gasteiger partial charge on any atom is 0.410 e. The van der Waals surface area contributed by atoms with Crippen molar-refractivity contribution in [2.45, 2.75) is 63.2 Å². The Balaban J connectivity index is 1.41. The van der Waals surface area contributed by atoms with Gasteiger partial charge >= 0.3 is 6.09 Å². The number of hydrogen-bond donors (Lipinski definition) is 1. The summed E-state index contributed by atoms with van der Waals surface area (Å²) in [7, 11) is -3.10. The van der Waals surface area contributed by atoms with Gasteiger partial charge in [0, 0.05) is 12.7 Å². The molecule has 0 unspecified atom stereocenters. The second-order valence-corrected chi connectivity index (χ2v) is 11.3. The predicted molar refractivity (Wildman–Crippen MR) is 116 cm³/mol. The lowest BCUT2D eigenvalue weighted by Gasteiger charge is -2.30. The lowest BCUT2D eigenvalue weighted by Crippen LogP contribution is -2.40. The number of hydrogen-bond acceptors (Lipinski definition) is 8. The summed E-state index contributed by atoms with van der Waals surface area (Å²) in [5.41, 5.74) is 2.41. The van der Waals surface area contributed by atoms with Crippen LogP contribution in [-0.2, 0) is 33.3 Å². The first-order valence-electron chi connectivity index (χ1n) is 10.4. The Bertz CT molecular complexity index is 1080. The molecular weight excluding hydrogens is 418 g/mol. The fraction of sp³-hybridized carbons (Fsp3) is 0.524. The van der Waals surface area contributed by atoms with Crippen LogP contribution in [-0.4, -0.2) is 51.8 Å². The van der Waals surface area contributed by atoms with Gasteiger partial charge < -0.3 is 15.0 Å². The number of pyridine rings is 1. The highest BCUT2D eigenvalue weighted by Gasteiger charge is 2.35. The van der Waals surface area contributed by atoms with Crippen LogP contribution in [0.2, 0.25) is 0 Å². The first-order chi connectivity index (χ1) is 14.6. The average Bonchev–Trinajstić information content (AvgIpc) is 3.53. The number of amides is 1. The molecule has 1 aliphatic heterocycles. The Hall–Kier alpha value is -2.75. The van der Waals surface area contributed by atoms with Gasteiger partial charge in [-0.25, -0.2) is 23.2 Å². The van der Waals surface area contributed by atoms with Crippen molar-refractivity contribution in [3.8, 4) is 0 Å². The van der Waals surface area contributed by atoms with Crippen LogP contribution in [0.15, 0.2) is 24.5 Å². The van der Waals surface area contributed by atoms with E-state index in [9.17, 15) is 13.2 Å². The Kier molecular flexibility index (Phi) is 5.59. The minimum atomic E-state index is -3.10. The maximum absolute atomic E-state index is 12.4. The van der Waals surface area contributed by atoms with Gasteiger partial charge in [0.25, 0.3) is 0 Å². The number of fused-ring (bicyclic) bond motifs is 1. The standard InChI is InChI=1S/C21H27N5O4S/c1-21(2,3)30-20(27)26-9-8-14-10-23-19(25-18(14)12-26)24-15-4-5-16(22-11-15)13-31(28,29)17-6-7-17/h4-5,10-11,17H,6-9,12-13H2,1-3H3,(H,23,24,25). The molecule has 3 heterocycles. The van der Waals surface area contributed by atoms with E-state index < -0.39 is 15.4 Å². The van der Waals surface area contributed by atoms with E-state index in [1.165, 1.54) is 0 Å². The minimum Gasteiger partial charge on any atom is -0.444 e. The van der Waals surface area contributed by atoms with Gasteiger partial charge in [-0.1, -0.05) is 0 Å². The number of rotatable bonds is 5. The monoisotopic (exact) mass is 445 g/mol. The molecular formula is C21H27N5O4S. The minimum absolute atomic E-state index is 0.0339. The molecule has 0 atom stereocenters. The van der Waals surface area contributed by atoms with Gasteiger partial charge in [-0.2, -0.15) is 0 Å². The van der Waals surface area contributed by atoms with Gasteiger partial charge in [-0.3, -0.25) is 4.98 Å². The lowest BCUT2D eigenvalue weighted by atomic mass is 10.1. The molecule has 1 aliphatic carbocycles. The molecule has 0 radical (unpaired) electrons. The van der Waals surface area contributed by atoms with Gasteiger partial charge in [-0.15, -0.1) is 0 Å². The number of nitrogens with one attached hydrogen (secondary N) is 1. The van der Waals surface area contributed by atoms with Gasteiger partial charge in [0.1, 0.15) is 5.60 Å². The van der Waals surface area contributed by atoms with E-state index in [2.05, 4.69) is 20.3 Å². The van der Waals surface area contributed by atoms with Gasteiger partial charge in [-0.05, 0) is 57.7 Å². The smallest absolute Gasteiger partial charge is 0.410 e. The second-order valence-electron chi connectivity index (χ2n) is 8.99. The van der Waals surface area contributed by atoms with E-state index in [4.69, 9.17) is 4.74 Å². The molecule has 1 N–H and O–H groups in total. The van der Waals surface area contributed by atoms with Crippen molar-refractivity contribution in [3.63, 3.8) is 0 Å². The Morgan fingerprint density at radius 1 is 1.23 bits per heavy atom. The Morgan fingerprint density at radius 3 is 2.65 bits per heavy atom. The van der Waals surface area contributed by atoms with E-state index in [1.54, 1.807) is 29.4 Å². The first kappa shape index (κ1) is 21.5. The summed E-state index contributed by atoms with van der Waals surface area (Å²) < 4.78 is 29.7. The summed E-state index contributed by atoms with van der Waals surface area (Å²) in [6.45, 7) is 6.44. The third kappa shape index (κ3) is 5.49. The maximum atomic E-state index is 12.4. The van der Waals surface area contributed by atoms with E-state index >= 15 is 0 Å². The van der Waals surface area contributed by atoms with Crippen molar-refractivity contribution < 1.29 is 17.9 Å². The van der Waals surface area contributed by atoms with Gasteiger partial charge in [0.15, 0.2) is 9.84 Å². The third-order valence-corrected chi connectivity index (χ3v) is 7.25. The highest BCUT2D eigenvalue weighted by atomic mass is 32.2. The molecule has 2 aromatic heterocycles. The molecule has 31 heavy (non-hydrogen) atoms. The molecule has 2 aliphatic rings. The Morgan fingerprint density at radius 2 is 2.00 bits per heavy atom. The molecule has 0 bridgehead atoms. The van der Waals surface area contributed by atoms with E-state index in [0.717, 1.165) is 24.1 Å². The van der Waals surface area contributed by atoms with Crippen molar-refractivity contribution in [2.24, 2.45) is 0 Å². The summed E-state index contributed by atoms with van der Waals surface area (Å²) in [4.78, 5) is 27.2. The molecule has 0 spiro atoms. The number of anilines is 2. The summed E-state index contributed by atoms with van der Waals surface area (Å²) in [6, 6.07) is 3.46. The summed E-state index contributed by atoms with van der Waals surface area (Å²) in [5.74, 6) is 0.360. The normalized spacial score (nSPS) is 16.5. The summed E-state index contributed by atoms with van der Waals surface area (Å²) >= 11 is 0. The Labute approximate surface area is 182 Å². The van der Waals surface area contributed by atoms with Crippen LogP contribution >= 0.6 is 0 Å². The average molecular weight is 446 g/mol. The zero-order valence-corrected chi connectivity index (χ0v) is 18.8. The quantitative estimate of drug-likeness (QED) is 0.747. The van der Waals surface area contributed by atoms with E-state index in [1.807, 2.05) is 20.8 Å². The van der Waals surface area contributed by atoms with Crippen molar-refractivity contribution in [1.82, 2.24) is 19.9 Å². The molecule has 1 amide bonds. The molecule has 1 fully saturated rings. The molecule has 2 aromatic rings. The summed E-state index contributed by atoms with van der Waals surface area (Å²) in [5, 5.41) is 2.89. The molecule has 4 rings (SSSR count). The van der Waals surface area contributed by atoms with Crippen LogP contribution in [0.4, 0.5) is 16.4 Å². The predicted octanol–water partition coefficient (Wildman–Crippen LogP) is 2.99. The van der Waals surface area contributed by atoms with Crippen LogP contribution in [0.5, 0.6) is 0 Å². The van der Waals surface area contributed by atoms with Gasteiger partial charge in [0.2, 0.25) is 5.95 Å². The molecule has 9 nitrogen and oxygen atoms in total. The van der Waals surface area contributed by atoms with Crippen molar-refractivity contribution in [3.05, 3.63) is 41.5 Å². The number of nitrogens with zero attached hydrogens (tertiary/aromatic N) is 4. The zero-order valence-electron chi connectivity index (χ0n) is 18.0. The second kappa shape index (κ2) is 8.07. The fourth-order valence-corrected chi connectivity index (χ4v) is 4.98. The largest absolute Gasteiger partial charge is 0.444 e. The summed E-state index contributed by atoms with van der Waals surface area (Å²) in [6.07, 6.45) is 5.16. The van der Waals surface area contributed by atoms with Crippen LogP contribution in [0, 0.1) is 0 Å². The molecule has 1 saturated carbocycles. The first-order valence-corrected chi connectivity index (χ1v) is 12.1. The van der Waals surface area contributed by atoms with Crippen LogP contribution in [0.25, 0.3) is 0 Å². The van der Waals surface area contributed by atoms with Crippen LogP contribution in [0.1, 0.15) is 50.6 Å². The van der Waals surface area contributed by atoms with E-state index in [0.29, 0.717) is 36.8 Å². The van der Waals surface area contributed by atoms with Crippen molar-refractivity contribution >= 4 is 27.6 Å². The SMILES string of the molecule is CC(C)(C)OC(=O)N1CCc2cnc(Nc3ccc(CS(=O)(=O)C4CC4)nc3)nc2C1. The number of sulfone groups is 1. The number of aromatic nitrogens is 3. The van der Waals surface area contributed by atoms with Crippen LogP contribution in [0.3, 0.4) is 0 Å². The highest BCUT2D eigenvalue weighted by Crippen LogP contribution is 2.30. The molecule has 0 saturated heterocycles. The topological polar surface area (TPSA) is 114 Å². The fourth-order valence-electron chi connectivity index (χ4n) is 3.31. The number of ether oxygens (including phenoxy) is 1. The lowest BCUT2D eigenvalue weighted by molar-refractivity contribution is 0.0220. The van der Waals surface area contributed by atoms with Crippen molar-refractivity contribution in [1.29, 1.82) is 0 Å². The number of carbonyl (C=O) groups is 1. The van der Waals surface area contributed by atoms with E-state index in [-0.39, 0.29) is 17.1 Å². The highest BCUT2D eigenvalue weighted by molar-refractivity contribution is 7.91. The van der Waals surface area contributed by atoms with Gasteiger partial charge in [0.05, 0.1) is 40.8 Å². The van der Waals surface area contributed by atoms with Crippen molar-refractivity contribution in [2.75, 3.05) is 11.9 Å². The number of carbonyl (C=O) groups excluding carboxylic acids is 1. The van der Waals surface area contributed by atoms with Crippen LogP contribution < -0.4 is 5.32 Å². The molecule has 0 aromatic carbocycles. The third-order valence-electron chi connectivity index (χ3n) is 5.06. The molecule has 10 heteroatoms. The zero-order chi connectivity index (χ0) is 22.2. The molecule has 166 valence electrons.